The average molecular weight is 262 g/mol. The smallest absolute Gasteiger partial charge is 0.107 e. The van der Waals surface area contributed by atoms with E-state index < -0.39 is 0 Å². The van der Waals surface area contributed by atoms with Crippen molar-refractivity contribution in [3.05, 3.63) is 48.6 Å². The van der Waals surface area contributed by atoms with Crippen LogP contribution in [0.15, 0.2) is 43.0 Å². The van der Waals surface area contributed by atoms with Crippen LogP contribution in [-0.2, 0) is 16.1 Å². The summed E-state index contributed by atoms with van der Waals surface area (Å²) in [5.41, 5.74) is 0.868. The Kier molecular flexibility index (Phi) is 4.75. The van der Waals surface area contributed by atoms with Crippen LogP contribution in [0.5, 0.6) is 0 Å². The molecule has 1 aliphatic rings. The lowest BCUT2D eigenvalue weighted by atomic mass is 9.97. The van der Waals surface area contributed by atoms with Gasteiger partial charge in [-0.2, -0.15) is 0 Å². The molecule has 0 unspecified atom stereocenters. The summed E-state index contributed by atoms with van der Waals surface area (Å²) in [6.45, 7) is 6.34. The maximum Gasteiger partial charge on any atom is 0.107 e. The van der Waals surface area contributed by atoms with Gasteiger partial charge in [0.05, 0.1) is 24.9 Å². The van der Waals surface area contributed by atoms with Crippen molar-refractivity contribution >= 4 is 0 Å². The molecule has 1 saturated heterocycles. The summed E-state index contributed by atoms with van der Waals surface area (Å²) in [7, 11) is 0. The molecule has 0 amide bonds. The van der Waals surface area contributed by atoms with Crippen LogP contribution in [0.1, 0.15) is 25.3 Å². The van der Waals surface area contributed by atoms with Crippen molar-refractivity contribution in [1.82, 2.24) is 0 Å². The lowest BCUT2D eigenvalue weighted by molar-refractivity contribution is -0.0767. The normalized spacial score (nSPS) is 30.4. The van der Waals surface area contributed by atoms with Gasteiger partial charge in [-0.3, -0.25) is 0 Å². The molecule has 1 aliphatic heterocycles. The summed E-state index contributed by atoms with van der Waals surface area (Å²) < 4.78 is 11.8. The van der Waals surface area contributed by atoms with Gasteiger partial charge in [0.2, 0.25) is 0 Å². The minimum absolute atomic E-state index is 0.00775. The summed E-state index contributed by atoms with van der Waals surface area (Å²) in [6.07, 6.45) is 3.11. The Hall–Kier alpha value is -1.16. The molecule has 1 N–H and O–H groups in total. The predicted octanol–water partition coefficient (Wildman–Crippen LogP) is 2.69. The Morgan fingerprint density at radius 2 is 2.21 bits per heavy atom. The van der Waals surface area contributed by atoms with Crippen molar-refractivity contribution in [2.75, 3.05) is 6.61 Å². The summed E-state index contributed by atoms with van der Waals surface area (Å²) in [6, 6.07) is 10.0. The molecule has 1 heterocycles. The van der Waals surface area contributed by atoms with Gasteiger partial charge < -0.3 is 14.6 Å². The minimum Gasteiger partial charge on any atom is -0.394 e. The van der Waals surface area contributed by atoms with Crippen LogP contribution in [0.2, 0.25) is 0 Å². The van der Waals surface area contributed by atoms with E-state index in [9.17, 15) is 5.11 Å². The molecule has 1 aromatic carbocycles. The lowest BCUT2D eigenvalue weighted by Gasteiger charge is -2.21. The lowest BCUT2D eigenvalue weighted by Crippen LogP contribution is -2.28. The topological polar surface area (TPSA) is 38.7 Å². The maximum atomic E-state index is 9.40. The minimum atomic E-state index is -0.267. The molecule has 19 heavy (non-hydrogen) atoms. The molecule has 104 valence electrons. The molecule has 2 rings (SSSR count). The van der Waals surface area contributed by atoms with E-state index >= 15 is 0 Å². The van der Waals surface area contributed by atoms with E-state index in [1.165, 1.54) is 0 Å². The zero-order chi connectivity index (χ0) is 13.7. The number of hydrogen-bond donors (Lipinski definition) is 1. The highest BCUT2D eigenvalue weighted by atomic mass is 16.6. The van der Waals surface area contributed by atoms with E-state index in [0.29, 0.717) is 6.61 Å². The van der Waals surface area contributed by atoms with E-state index in [2.05, 4.69) is 6.58 Å². The molecule has 0 spiro atoms. The predicted molar refractivity (Wildman–Crippen MR) is 74.8 cm³/mol. The van der Waals surface area contributed by atoms with Gasteiger partial charge in [-0.05, 0) is 18.9 Å². The van der Waals surface area contributed by atoms with Gasteiger partial charge in [-0.15, -0.1) is 6.58 Å². The van der Waals surface area contributed by atoms with Crippen LogP contribution >= 0.6 is 0 Å². The fraction of sp³-hybridized carbons (Fsp3) is 0.500. The van der Waals surface area contributed by atoms with Crippen LogP contribution in [0.4, 0.5) is 0 Å². The van der Waals surface area contributed by atoms with Gasteiger partial charge in [0.1, 0.15) is 6.10 Å². The summed E-state index contributed by atoms with van der Waals surface area (Å²) in [5.74, 6) is 0. The highest BCUT2D eigenvalue weighted by Gasteiger charge is 2.42. The van der Waals surface area contributed by atoms with Crippen LogP contribution in [0, 0.1) is 0 Å². The molecule has 1 fully saturated rings. The zero-order valence-corrected chi connectivity index (χ0v) is 11.4. The van der Waals surface area contributed by atoms with E-state index in [0.717, 1.165) is 18.4 Å². The summed E-state index contributed by atoms with van der Waals surface area (Å²) in [4.78, 5) is 0. The second-order valence-electron chi connectivity index (χ2n) is 5.32. The number of aliphatic hydroxyl groups excluding tert-OH is 1. The quantitative estimate of drug-likeness (QED) is 0.801. The van der Waals surface area contributed by atoms with Gasteiger partial charge in [0.25, 0.3) is 0 Å². The number of ether oxygens (including phenoxy) is 2. The summed E-state index contributed by atoms with van der Waals surface area (Å²) in [5, 5.41) is 9.40. The largest absolute Gasteiger partial charge is 0.394 e. The van der Waals surface area contributed by atoms with E-state index in [-0.39, 0.29) is 24.4 Å². The first-order chi connectivity index (χ1) is 9.17. The fourth-order valence-electron chi connectivity index (χ4n) is 2.58. The zero-order valence-electron chi connectivity index (χ0n) is 11.4. The van der Waals surface area contributed by atoms with Gasteiger partial charge in [0, 0.05) is 6.42 Å². The van der Waals surface area contributed by atoms with Gasteiger partial charge in [-0.1, -0.05) is 36.4 Å². The molecular weight excluding hydrogens is 240 g/mol. The Morgan fingerprint density at radius 3 is 2.84 bits per heavy atom. The first kappa shape index (κ1) is 14.3. The van der Waals surface area contributed by atoms with Gasteiger partial charge in [-0.25, -0.2) is 0 Å². The third-order valence-corrected chi connectivity index (χ3v) is 3.55. The molecule has 0 aliphatic carbocycles. The van der Waals surface area contributed by atoms with Crippen molar-refractivity contribution in [2.45, 2.75) is 44.2 Å². The Balaban J connectivity index is 1.93. The molecule has 0 saturated carbocycles. The van der Waals surface area contributed by atoms with Crippen molar-refractivity contribution in [3.8, 4) is 0 Å². The standard InChI is InChI=1S/C16H22O3/c1-3-9-16(2)10-14(15(11-17)19-16)18-12-13-7-5-4-6-8-13/h3-8,14-15,17H,1,9-12H2,2H3/t14-,15+,16-/m1/s1. The first-order valence-electron chi connectivity index (χ1n) is 6.72. The van der Waals surface area contributed by atoms with Crippen molar-refractivity contribution in [3.63, 3.8) is 0 Å². The van der Waals surface area contributed by atoms with E-state index in [1.54, 1.807) is 0 Å². The molecule has 0 radical (unpaired) electrons. The van der Waals surface area contributed by atoms with Crippen LogP contribution in [0.3, 0.4) is 0 Å². The Bertz CT molecular complexity index is 404. The highest BCUT2D eigenvalue weighted by molar-refractivity contribution is 5.13. The number of rotatable bonds is 6. The second-order valence-corrected chi connectivity index (χ2v) is 5.32. The van der Waals surface area contributed by atoms with Gasteiger partial charge >= 0.3 is 0 Å². The molecule has 1 aromatic rings. The Labute approximate surface area is 114 Å². The average Bonchev–Trinajstić information content (AvgIpc) is 2.74. The molecular formula is C16H22O3. The molecule has 3 nitrogen and oxygen atoms in total. The Morgan fingerprint density at radius 1 is 1.47 bits per heavy atom. The third-order valence-electron chi connectivity index (χ3n) is 3.55. The van der Waals surface area contributed by atoms with Crippen LogP contribution in [-0.4, -0.2) is 29.5 Å². The van der Waals surface area contributed by atoms with E-state index in [4.69, 9.17) is 9.47 Å². The van der Waals surface area contributed by atoms with Crippen LogP contribution in [0.25, 0.3) is 0 Å². The third kappa shape index (κ3) is 3.66. The SMILES string of the molecule is C=CC[C@]1(C)C[C@@H](OCc2ccccc2)[C@H](CO)O1. The molecule has 0 aromatic heterocycles. The molecule has 3 heteroatoms. The van der Waals surface area contributed by atoms with Gasteiger partial charge in [0.15, 0.2) is 0 Å². The molecule has 3 atom stereocenters. The number of aliphatic hydroxyl groups is 1. The first-order valence-corrected chi connectivity index (χ1v) is 6.72. The van der Waals surface area contributed by atoms with Crippen LogP contribution < -0.4 is 0 Å². The number of benzene rings is 1. The summed E-state index contributed by atoms with van der Waals surface area (Å²) >= 11 is 0. The van der Waals surface area contributed by atoms with Crippen molar-refractivity contribution in [1.29, 1.82) is 0 Å². The van der Waals surface area contributed by atoms with Crippen molar-refractivity contribution < 1.29 is 14.6 Å². The highest BCUT2D eigenvalue weighted by Crippen LogP contribution is 2.35. The molecule has 0 bridgehead atoms. The second kappa shape index (κ2) is 6.33. The van der Waals surface area contributed by atoms with E-state index in [1.807, 2.05) is 43.3 Å². The van der Waals surface area contributed by atoms with Crippen molar-refractivity contribution in [2.24, 2.45) is 0 Å². The number of hydrogen-bond acceptors (Lipinski definition) is 3. The fourth-order valence-corrected chi connectivity index (χ4v) is 2.58. The maximum absolute atomic E-state index is 9.40. The monoisotopic (exact) mass is 262 g/mol.